The van der Waals surface area contributed by atoms with Gasteiger partial charge in [-0.3, -0.25) is 4.79 Å². The van der Waals surface area contributed by atoms with E-state index in [1.807, 2.05) is 23.1 Å². The number of nitrogens with zero attached hydrogens (tertiary/aromatic N) is 2. The smallest absolute Gasteiger partial charge is 0.253 e. The summed E-state index contributed by atoms with van der Waals surface area (Å²) in [6, 6.07) is 5.56. The third-order valence-electron chi connectivity index (χ3n) is 3.43. The molecular weight excluding hydrogens is 320 g/mol. The molecule has 0 aliphatic carbocycles. The van der Waals surface area contributed by atoms with E-state index in [-0.39, 0.29) is 5.91 Å². The summed E-state index contributed by atoms with van der Waals surface area (Å²) in [5.74, 6) is 0.891. The Hall–Kier alpha value is -1.07. The highest BCUT2D eigenvalue weighted by Crippen LogP contribution is 2.26. The number of piperazine rings is 1. The highest BCUT2D eigenvalue weighted by molar-refractivity contribution is 9.10. The predicted octanol–water partition coefficient (Wildman–Crippen LogP) is 2.63. The number of benzene rings is 1. The number of carbonyl (C=O) groups is 1. The zero-order valence-electron chi connectivity index (χ0n) is 12.1. The van der Waals surface area contributed by atoms with E-state index in [4.69, 9.17) is 4.74 Å². The fourth-order valence-electron chi connectivity index (χ4n) is 2.16. The molecular formula is C15H21BrN2O2. The maximum Gasteiger partial charge on any atom is 0.253 e. The van der Waals surface area contributed by atoms with Gasteiger partial charge in [0.2, 0.25) is 0 Å². The average molecular weight is 341 g/mol. The fraction of sp³-hybridized carbons (Fsp3) is 0.533. The minimum absolute atomic E-state index is 0.0980. The van der Waals surface area contributed by atoms with Crippen molar-refractivity contribution in [3.63, 3.8) is 0 Å². The van der Waals surface area contributed by atoms with Gasteiger partial charge in [-0.15, -0.1) is 0 Å². The number of carbonyl (C=O) groups excluding carboxylic acids is 1. The lowest BCUT2D eigenvalue weighted by molar-refractivity contribution is 0.0664. The van der Waals surface area contributed by atoms with Crippen LogP contribution in [0.4, 0.5) is 0 Å². The van der Waals surface area contributed by atoms with Crippen molar-refractivity contribution in [1.29, 1.82) is 0 Å². The van der Waals surface area contributed by atoms with Gasteiger partial charge in [-0.2, -0.15) is 0 Å². The van der Waals surface area contributed by atoms with E-state index in [1.54, 1.807) is 0 Å². The molecule has 0 bridgehead atoms. The standard InChI is InChI=1S/C15H21BrN2O2/c1-3-10-20-14-5-4-12(11-13(14)16)15(19)18-8-6-17(2)7-9-18/h4-5,11H,3,6-10H2,1-2H3. The molecule has 110 valence electrons. The van der Waals surface area contributed by atoms with E-state index in [0.29, 0.717) is 12.2 Å². The highest BCUT2D eigenvalue weighted by atomic mass is 79.9. The van der Waals surface area contributed by atoms with Crippen LogP contribution in [0.5, 0.6) is 5.75 Å². The summed E-state index contributed by atoms with van der Waals surface area (Å²) in [7, 11) is 2.08. The second-order valence-electron chi connectivity index (χ2n) is 5.09. The SMILES string of the molecule is CCCOc1ccc(C(=O)N2CCN(C)CC2)cc1Br. The Balaban J connectivity index is 2.05. The third kappa shape index (κ3) is 3.73. The maximum absolute atomic E-state index is 12.4. The van der Waals surface area contributed by atoms with Gasteiger partial charge in [-0.25, -0.2) is 0 Å². The zero-order chi connectivity index (χ0) is 14.5. The molecule has 1 heterocycles. The second-order valence-corrected chi connectivity index (χ2v) is 5.94. The summed E-state index contributed by atoms with van der Waals surface area (Å²) in [5, 5.41) is 0. The molecule has 1 aliphatic rings. The topological polar surface area (TPSA) is 32.8 Å². The molecule has 2 rings (SSSR count). The van der Waals surface area contributed by atoms with E-state index in [2.05, 4.69) is 34.8 Å². The number of likely N-dealkylation sites (N-methyl/N-ethyl adjacent to an activating group) is 1. The molecule has 20 heavy (non-hydrogen) atoms. The van der Waals surface area contributed by atoms with Gasteiger partial charge < -0.3 is 14.5 Å². The number of halogens is 1. The predicted molar refractivity (Wildman–Crippen MR) is 83.3 cm³/mol. The van der Waals surface area contributed by atoms with Crippen LogP contribution in [0.3, 0.4) is 0 Å². The molecule has 0 unspecified atom stereocenters. The van der Waals surface area contributed by atoms with Crippen LogP contribution in [0, 0.1) is 0 Å². The van der Waals surface area contributed by atoms with Crippen molar-refractivity contribution in [1.82, 2.24) is 9.80 Å². The Labute approximate surface area is 128 Å². The maximum atomic E-state index is 12.4. The molecule has 0 N–H and O–H groups in total. The largest absolute Gasteiger partial charge is 0.492 e. The lowest BCUT2D eigenvalue weighted by Gasteiger charge is -2.32. The van der Waals surface area contributed by atoms with Crippen LogP contribution in [-0.4, -0.2) is 55.5 Å². The molecule has 0 atom stereocenters. The quantitative estimate of drug-likeness (QED) is 0.844. The summed E-state index contributed by atoms with van der Waals surface area (Å²) in [5.41, 5.74) is 0.713. The Bertz CT molecular complexity index is 471. The van der Waals surface area contributed by atoms with Gasteiger partial charge in [0.1, 0.15) is 5.75 Å². The van der Waals surface area contributed by atoms with Gasteiger partial charge in [-0.1, -0.05) is 6.92 Å². The normalized spacial score (nSPS) is 16.2. The Morgan fingerprint density at radius 3 is 2.60 bits per heavy atom. The van der Waals surface area contributed by atoms with Gasteiger partial charge >= 0.3 is 0 Å². The average Bonchev–Trinajstić information content (AvgIpc) is 2.46. The molecule has 0 aromatic heterocycles. The van der Waals surface area contributed by atoms with E-state index >= 15 is 0 Å². The van der Waals surface area contributed by atoms with E-state index in [0.717, 1.165) is 42.8 Å². The summed E-state index contributed by atoms with van der Waals surface area (Å²) in [6.45, 7) is 6.21. The van der Waals surface area contributed by atoms with Crippen molar-refractivity contribution >= 4 is 21.8 Å². The number of hydrogen-bond donors (Lipinski definition) is 0. The molecule has 1 aliphatic heterocycles. The molecule has 1 aromatic carbocycles. The zero-order valence-corrected chi connectivity index (χ0v) is 13.6. The van der Waals surface area contributed by atoms with Gasteiger partial charge in [0.25, 0.3) is 5.91 Å². The van der Waals surface area contributed by atoms with Gasteiger partial charge in [-0.05, 0) is 47.6 Å². The van der Waals surface area contributed by atoms with E-state index in [1.165, 1.54) is 0 Å². The van der Waals surface area contributed by atoms with Crippen LogP contribution >= 0.6 is 15.9 Å². The number of amides is 1. The first-order chi connectivity index (χ1) is 9.61. The van der Waals surface area contributed by atoms with E-state index < -0.39 is 0 Å². The monoisotopic (exact) mass is 340 g/mol. The second kappa shape index (κ2) is 7.09. The fourth-order valence-corrected chi connectivity index (χ4v) is 2.65. The first kappa shape index (κ1) is 15.3. The summed E-state index contributed by atoms with van der Waals surface area (Å²) >= 11 is 3.48. The van der Waals surface area contributed by atoms with Crippen LogP contribution in [0.1, 0.15) is 23.7 Å². The molecule has 1 fully saturated rings. The lowest BCUT2D eigenvalue weighted by Crippen LogP contribution is -2.47. The summed E-state index contributed by atoms with van der Waals surface area (Å²) < 4.78 is 6.44. The number of ether oxygens (including phenoxy) is 1. The lowest BCUT2D eigenvalue weighted by atomic mass is 10.1. The molecule has 5 heteroatoms. The van der Waals surface area contributed by atoms with Crippen LogP contribution in [0.2, 0.25) is 0 Å². The van der Waals surface area contributed by atoms with Crippen molar-refractivity contribution in [3.05, 3.63) is 28.2 Å². The molecule has 1 amide bonds. The molecule has 4 nitrogen and oxygen atoms in total. The number of rotatable bonds is 4. The molecule has 0 saturated carbocycles. The molecule has 0 spiro atoms. The molecule has 1 aromatic rings. The Kier molecular flexibility index (Phi) is 5.43. The van der Waals surface area contributed by atoms with Gasteiger partial charge in [0, 0.05) is 31.7 Å². The van der Waals surface area contributed by atoms with E-state index in [9.17, 15) is 4.79 Å². The van der Waals surface area contributed by atoms with Crippen LogP contribution in [0.15, 0.2) is 22.7 Å². The first-order valence-electron chi connectivity index (χ1n) is 7.02. The Morgan fingerprint density at radius 2 is 2.00 bits per heavy atom. The van der Waals surface area contributed by atoms with Crippen molar-refractivity contribution in [3.8, 4) is 5.75 Å². The van der Waals surface area contributed by atoms with Gasteiger partial charge in [0.15, 0.2) is 0 Å². The van der Waals surface area contributed by atoms with Crippen LogP contribution in [-0.2, 0) is 0 Å². The van der Waals surface area contributed by atoms with Crippen molar-refractivity contribution in [2.75, 3.05) is 39.8 Å². The van der Waals surface area contributed by atoms with Crippen molar-refractivity contribution in [2.45, 2.75) is 13.3 Å². The highest BCUT2D eigenvalue weighted by Gasteiger charge is 2.20. The van der Waals surface area contributed by atoms with Crippen molar-refractivity contribution in [2.24, 2.45) is 0 Å². The van der Waals surface area contributed by atoms with Crippen LogP contribution < -0.4 is 4.74 Å². The first-order valence-corrected chi connectivity index (χ1v) is 7.81. The van der Waals surface area contributed by atoms with Gasteiger partial charge in [0.05, 0.1) is 11.1 Å². The molecule has 0 radical (unpaired) electrons. The number of hydrogen-bond acceptors (Lipinski definition) is 3. The van der Waals surface area contributed by atoms with Crippen molar-refractivity contribution < 1.29 is 9.53 Å². The van der Waals surface area contributed by atoms with Crippen LogP contribution in [0.25, 0.3) is 0 Å². The summed E-state index contributed by atoms with van der Waals surface area (Å²) in [4.78, 5) is 16.6. The third-order valence-corrected chi connectivity index (χ3v) is 4.05. The molecule has 1 saturated heterocycles. The summed E-state index contributed by atoms with van der Waals surface area (Å²) in [6.07, 6.45) is 0.967. The minimum atomic E-state index is 0.0980. The minimum Gasteiger partial charge on any atom is -0.492 e. The Morgan fingerprint density at radius 1 is 1.30 bits per heavy atom.